The van der Waals surface area contributed by atoms with Gasteiger partial charge in [-0.25, -0.2) is 8.42 Å². The van der Waals surface area contributed by atoms with Crippen molar-refractivity contribution in [3.05, 3.63) is 53.6 Å². The first-order chi connectivity index (χ1) is 13.1. The number of nitrogens with one attached hydrogen (secondary N) is 1. The Hall–Kier alpha value is -2.22. The second kappa shape index (κ2) is 7.66. The highest BCUT2D eigenvalue weighted by molar-refractivity contribution is 7.92. The van der Waals surface area contributed by atoms with Gasteiger partial charge in [-0.2, -0.15) is 13.2 Å². The van der Waals surface area contributed by atoms with Gasteiger partial charge in [-0.1, -0.05) is 24.6 Å². The lowest BCUT2D eigenvalue weighted by Crippen LogP contribution is -2.33. The number of anilines is 2. The smallest absolute Gasteiger partial charge is 0.370 e. The predicted octanol–water partition coefficient (Wildman–Crippen LogP) is 5.05. The fraction of sp³-hybridized carbons (Fsp3) is 0.400. The van der Waals surface area contributed by atoms with E-state index < -0.39 is 21.8 Å². The van der Waals surface area contributed by atoms with Gasteiger partial charge >= 0.3 is 6.18 Å². The summed E-state index contributed by atoms with van der Waals surface area (Å²) in [7, 11) is -4.01. The molecule has 2 aromatic rings. The van der Waals surface area contributed by atoms with Gasteiger partial charge in [0.1, 0.15) is 0 Å². The summed E-state index contributed by atoms with van der Waals surface area (Å²) in [6.45, 7) is 5.30. The van der Waals surface area contributed by atoms with Gasteiger partial charge in [0, 0.05) is 13.1 Å². The number of piperidine rings is 1. The van der Waals surface area contributed by atoms with Crippen LogP contribution in [0.25, 0.3) is 0 Å². The van der Waals surface area contributed by atoms with Gasteiger partial charge in [0.15, 0.2) is 0 Å². The maximum absolute atomic E-state index is 13.2. The van der Waals surface area contributed by atoms with Crippen molar-refractivity contribution < 1.29 is 21.6 Å². The van der Waals surface area contributed by atoms with E-state index in [1.54, 1.807) is 12.1 Å². The molecule has 1 aliphatic heterocycles. The van der Waals surface area contributed by atoms with Crippen LogP contribution in [0.2, 0.25) is 0 Å². The van der Waals surface area contributed by atoms with E-state index in [4.69, 9.17) is 0 Å². The number of rotatable bonds is 4. The maximum Gasteiger partial charge on any atom is 0.416 e. The summed E-state index contributed by atoms with van der Waals surface area (Å²) in [6.07, 6.45) is -2.74. The van der Waals surface area contributed by atoms with Crippen LogP contribution >= 0.6 is 0 Å². The average molecular weight is 412 g/mol. The van der Waals surface area contributed by atoms with Crippen molar-refractivity contribution in [2.75, 3.05) is 22.7 Å². The van der Waals surface area contributed by atoms with E-state index in [1.807, 2.05) is 11.8 Å². The number of alkyl halides is 3. The number of hydrogen-bond acceptors (Lipinski definition) is 3. The molecule has 152 valence electrons. The molecule has 0 saturated carbocycles. The van der Waals surface area contributed by atoms with Crippen molar-refractivity contribution in [3.8, 4) is 0 Å². The van der Waals surface area contributed by atoms with Crippen molar-refractivity contribution in [1.29, 1.82) is 0 Å². The van der Waals surface area contributed by atoms with E-state index in [2.05, 4.69) is 11.6 Å². The molecule has 0 unspecified atom stereocenters. The van der Waals surface area contributed by atoms with Crippen LogP contribution in [-0.4, -0.2) is 21.5 Å². The Balaban J connectivity index is 1.99. The Morgan fingerprint density at radius 2 is 1.64 bits per heavy atom. The van der Waals surface area contributed by atoms with Crippen LogP contribution in [0.15, 0.2) is 47.4 Å². The highest BCUT2D eigenvalue weighted by Gasteiger charge is 2.32. The molecule has 4 nitrogen and oxygen atoms in total. The summed E-state index contributed by atoms with van der Waals surface area (Å²) in [5.41, 5.74) is 0.421. The zero-order valence-electron chi connectivity index (χ0n) is 15.8. The third kappa shape index (κ3) is 4.60. The second-order valence-electron chi connectivity index (χ2n) is 7.32. The topological polar surface area (TPSA) is 49.4 Å². The van der Waals surface area contributed by atoms with Crippen molar-refractivity contribution in [1.82, 2.24) is 0 Å². The highest BCUT2D eigenvalue weighted by atomic mass is 32.2. The molecule has 0 aliphatic carbocycles. The third-order valence-corrected chi connectivity index (χ3v) is 6.41. The van der Waals surface area contributed by atoms with Gasteiger partial charge < -0.3 is 4.90 Å². The quantitative estimate of drug-likeness (QED) is 0.764. The van der Waals surface area contributed by atoms with Crippen LogP contribution in [0.1, 0.15) is 30.9 Å². The summed E-state index contributed by atoms with van der Waals surface area (Å²) in [4.78, 5) is 1.95. The molecule has 0 bridgehead atoms. The lowest BCUT2D eigenvalue weighted by atomic mass is 9.98. The highest BCUT2D eigenvalue weighted by Crippen LogP contribution is 2.37. The van der Waals surface area contributed by atoms with Gasteiger partial charge in [-0.15, -0.1) is 0 Å². The van der Waals surface area contributed by atoms with Crippen LogP contribution in [-0.2, 0) is 16.2 Å². The third-order valence-electron chi connectivity index (χ3n) is 5.02. The molecule has 1 fully saturated rings. The number of halogens is 3. The molecular weight excluding hydrogens is 389 g/mol. The minimum absolute atomic E-state index is 0.00808. The van der Waals surface area contributed by atoms with Gasteiger partial charge in [0.05, 0.1) is 21.8 Å². The Kier molecular flexibility index (Phi) is 5.61. The van der Waals surface area contributed by atoms with Gasteiger partial charge in [-0.3, -0.25) is 4.72 Å². The number of hydrogen-bond donors (Lipinski definition) is 1. The van der Waals surface area contributed by atoms with Crippen LogP contribution in [0.3, 0.4) is 0 Å². The standard InChI is InChI=1S/C20H23F3N2O2S/c1-14-3-6-17(7-4-14)28(26,27)24-18-13-16(20(21,22)23)5-8-19(18)25-11-9-15(2)10-12-25/h3-8,13,15,24H,9-12H2,1-2H3. The zero-order valence-corrected chi connectivity index (χ0v) is 16.6. The molecule has 8 heteroatoms. The van der Waals surface area contributed by atoms with Crippen molar-refractivity contribution in [3.63, 3.8) is 0 Å². The first-order valence-corrected chi connectivity index (χ1v) is 10.6. The van der Waals surface area contributed by atoms with Crippen LogP contribution in [0.4, 0.5) is 24.5 Å². The molecule has 1 aliphatic rings. The molecular formula is C20H23F3N2O2S. The van der Waals surface area contributed by atoms with E-state index in [1.165, 1.54) is 18.2 Å². The monoisotopic (exact) mass is 412 g/mol. The number of benzene rings is 2. The minimum atomic E-state index is -4.56. The van der Waals surface area contributed by atoms with E-state index in [-0.39, 0.29) is 10.6 Å². The summed E-state index contributed by atoms with van der Waals surface area (Å²) in [5.74, 6) is 0.540. The van der Waals surface area contributed by atoms with E-state index in [0.717, 1.165) is 30.5 Å². The van der Waals surface area contributed by atoms with Crippen molar-refractivity contribution in [2.24, 2.45) is 5.92 Å². The first kappa shape index (κ1) is 20.5. The molecule has 0 aromatic heterocycles. The summed E-state index contributed by atoms with van der Waals surface area (Å²) < 4.78 is 67.5. The SMILES string of the molecule is Cc1ccc(S(=O)(=O)Nc2cc(C(F)(F)F)ccc2N2CCC(C)CC2)cc1. The normalized spacial score (nSPS) is 16.2. The van der Waals surface area contributed by atoms with Crippen molar-refractivity contribution >= 4 is 21.4 Å². The average Bonchev–Trinajstić information content (AvgIpc) is 2.62. The van der Waals surface area contributed by atoms with Gasteiger partial charge in [0.2, 0.25) is 0 Å². The summed E-state index contributed by atoms with van der Waals surface area (Å²) in [6, 6.07) is 9.39. The number of aryl methyl sites for hydroxylation is 1. The predicted molar refractivity (Wildman–Crippen MR) is 104 cm³/mol. The largest absolute Gasteiger partial charge is 0.416 e. The Morgan fingerprint density at radius 1 is 1.04 bits per heavy atom. The van der Waals surface area contributed by atoms with E-state index in [0.29, 0.717) is 24.7 Å². The molecule has 0 amide bonds. The Labute approximate surface area is 163 Å². The molecule has 3 rings (SSSR count). The van der Waals surface area contributed by atoms with Gasteiger partial charge in [0.25, 0.3) is 10.0 Å². The van der Waals surface area contributed by atoms with Crippen LogP contribution in [0.5, 0.6) is 0 Å². The molecule has 0 radical (unpaired) electrons. The van der Waals surface area contributed by atoms with E-state index in [9.17, 15) is 21.6 Å². The first-order valence-electron chi connectivity index (χ1n) is 9.12. The molecule has 2 aromatic carbocycles. The minimum Gasteiger partial charge on any atom is -0.370 e. The van der Waals surface area contributed by atoms with E-state index >= 15 is 0 Å². The molecule has 0 spiro atoms. The lowest BCUT2D eigenvalue weighted by Gasteiger charge is -2.33. The van der Waals surface area contributed by atoms with Gasteiger partial charge in [-0.05, 0) is 56.0 Å². The fourth-order valence-corrected chi connectivity index (χ4v) is 4.31. The Morgan fingerprint density at radius 3 is 2.21 bits per heavy atom. The molecule has 28 heavy (non-hydrogen) atoms. The fourth-order valence-electron chi connectivity index (χ4n) is 3.24. The molecule has 1 heterocycles. The lowest BCUT2D eigenvalue weighted by molar-refractivity contribution is -0.137. The van der Waals surface area contributed by atoms with Crippen LogP contribution < -0.4 is 9.62 Å². The van der Waals surface area contributed by atoms with Crippen LogP contribution in [0, 0.1) is 12.8 Å². The Bertz CT molecular complexity index is 933. The zero-order chi connectivity index (χ0) is 20.5. The summed E-state index contributed by atoms with van der Waals surface area (Å²) in [5, 5.41) is 0. The van der Waals surface area contributed by atoms with Crippen molar-refractivity contribution in [2.45, 2.75) is 37.8 Å². The second-order valence-corrected chi connectivity index (χ2v) is 9.00. The number of nitrogens with zero attached hydrogens (tertiary/aromatic N) is 1. The molecule has 0 atom stereocenters. The molecule has 1 saturated heterocycles. The maximum atomic E-state index is 13.2. The number of sulfonamides is 1. The summed E-state index contributed by atoms with van der Waals surface area (Å²) >= 11 is 0. The molecule has 1 N–H and O–H groups in total.